The van der Waals surface area contributed by atoms with Gasteiger partial charge in [0.1, 0.15) is 0 Å². The molecule has 1 saturated carbocycles. The largest absolute Gasteiger partial charge is 0.389 e. The molecule has 0 radical (unpaired) electrons. The molecule has 2 fully saturated rings. The van der Waals surface area contributed by atoms with E-state index in [1.807, 2.05) is 0 Å². The van der Waals surface area contributed by atoms with E-state index in [-0.39, 0.29) is 5.41 Å². The van der Waals surface area contributed by atoms with Gasteiger partial charge in [-0.05, 0) is 31.1 Å². The molecular formula is C13H25NO2. The highest BCUT2D eigenvalue weighted by Crippen LogP contribution is 2.50. The van der Waals surface area contributed by atoms with Crippen LogP contribution in [0.4, 0.5) is 0 Å². The van der Waals surface area contributed by atoms with E-state index in [2.05, 4.69) is 13.8 Å². The Bertz CT molecular complexity index is 250. The molecule has 2 rings (SSSR count). The van der Waals surface area contributed by atoms with Crippen molar-refractivity contribution in [2.24, 2.45) is 23.0 Å². The molecule has 16 heavy (non-hydrogen) atoms. The summed E-state index contributed by atoms with van der Waals surface area (Å²) in [6.45, 7) is 6.33. The molecule has 4 atom stereocenters. The van der Waals surface area contributed by atoms with Gasteiger partial charge in [-0.1, -0.05) is 20.3 Å². The lowest BCUT2D eigenvalue weighted by Crippen LogP contribution is -2.59. The van der Waals surface area contributed by atoms with Gasteiger partial charge in [0.05, 0.1) is 12.2 Å². The van der Waals surface area contributed by atoms with Gasteiger partial charge in [-0.25, -0.2) is 0 Å². The molecule has 1 aliphatic carbocycles. The van der Waals surface area contributed by atoms with Crippen molar-refractivity contribution in [3.63, 3.8) is 0 Å². The summed E-state index contributed by atoms with van der Waals surface area (Å²) in [6, 6.07) is 0. The molecule has 1 heterocycles. The van der Waals surface area contributed by atoms with E-state index in [0.717, 1.165) is 25.9 Å². The fourth-order valence-electron chi connectivity index (χ4n) is 3.63. The summed E-state index contributed by atoms with van der Waals surface area (Å²) in [5.74, 6) is 0.944. The van der Waals surface area contributed by atoms with Crippen LogP contribution in [0.25, 0.3) is 0 Å². The lowest BCUT2D eigenvalue weighted by Gasteiger charge is -2.51. The zero-order valence-electron chi connectivity index (χ0n) is 10.5. The van der Waals surface area contributed by atoms with Crippen LogP contribution in [0.5, 0.6) is 0 Å². The number of aliphatic hydroxyl groups is 1. The quantitative estimate of drug-likeness (QED) is 0.752. The third-order valence-corrected chi connectivity index (χ3v) is 4.98. The van der Waals surface area contributed by atoms with E-state index in [0.29, 0.717) is 25.0 Å². The Labute approximate surface area is 98.4 Å². The Morgan fingerprint density at radius 1 is 1.38 bits per heavy atom. The van der Waals surface area contributed by atoms with Crippen LogP contribution < -0.4 is 5.73 Å². The van der Waals surface area contributed by atoms with Gasteiger partial charge in [-0.2, -0.15) is 0 Å². The number of rotatable bonds is 2. The fraction of sp³-hybridized carbons (Fsp3) is 1.00. The normalized spacial score (nSPS) is 49.5. The van der Waals surface area contributed by atoms with E-state index in [1.165, 1.54) is 6.42 Å². The standard InChI is InChI=1S/C13H25NO2/c1-10-3-4-11(2)13(15,7-10)12(8-14)5-6-16-9-12/h10-11,15H,3-9,14H2,1-2H3. The van der Waals surface area contributed by atoms with Gasteiger partial charge >= 0.3 is 0 Å². The zero-order valence-corrected chi connectivity index (χ0v) is 10.5. The molecule has 0 aromatic rings. The van der Waals surface area contributed by atoms with Gasteiger partial charge in [-0.15, -0.1) is 0 Å². The maximum absolute atomic E-state index is 11.1. The van der Waals surface area contributed by atoms with E-state index >= 15 is 0 Å². The smallest absolute Gasteiger partial charge is 0.0766 e. The van der Waals surface area contributed by atoms with E-state index < -0.39 is 5.60 Å². The minimum absolute atomic E-state index is 0.193. The molecule has 3 nitrogen and oxygen atoms in total. The maximum atomic E-state index is 11.1. The minimum atomic E-state index is -0.615. The monoisotopic (exact) mass is 227 g/mol. The second kappa shape index (κ2) is 4.28. The molecular weight excluding hydrogens is 202 g/mol. The summed E-state index contributed by atoms with van der Waals surface area (Å²) in [4.78, 5) is 0. The first-order valence-electron chi connectivity index (χ1n) is 6.54. The SMILES string of the molecule is CC1CCC(C)C(O)(C2(CN)CCOC2)C1. The van der Waals surface area contributed by atoms with Gasteiger partial charge in [0, 0.05) is 18.6 Å². The van der Waals surface area contributed by atoms with Crippen molar-refractivity contribution in [2.45, 2.75) is 45.1 Å². The average Bonchev–Trinajstić information content (AvgIpc) is 2.74. The number of hydrogen-bond acceptors (Lipinski definition) is 3. The van der Waals surface area contributed by atoms with Gasteiger partial charge in [0.15, 0.2) is 0 Å². The fourth-order valence-corrected chi connectivity index (χ4v) is 3.63. The average molecular weight is 227 g/mol. The van der Waals surface area contributed by atoms with Crippen LogP contribution in [0.15, 0.2) is 0 Å². The van der Waals surface area contributed by atoms with Crippen molar-refractivity contribution in [3.8, 4) is 0 Å². The Morgan fingerprint density at radius 3 is 2.69 bits per heavy atom. The molecule has 4 unspecified atom stereocenters. The van der Waals surface area contributed by atoms with E-state index in [1.54, 1.807) is 0 Å². The lowest BCUT2D eigenvalue weighted by atomic mass is 9.58. The highest BCUT2D eigenvalue weighted by Gasteiger charge is 2.55. The summed E-state index contributed by atoms with van der Waals surface area (Å²) in [5.41, 5.74) is 5.14. The van der Waals surface area contributed by atoms with Crippen LogP contribution >= 0.6 is 0 Å². The van der Waals surface area contributed by atoms with Crippen LogP contribution in [-0.2, 0) is 4.74 Å². The Hall–Kier alpha value is -0.120. The molecule has 0 aromatic heterocycles. The van der Waals surface area contributed by atoms with Crippen molar-refractivity contribution in [1.29, 1.82) is 0 Å². The Morgan fingerprint density at radius 2 is 2.12 bits per heavy atom. The van der Waals surface area contributed by atoms with Gasteiger partial charge < -0.3 is 15.6 Å². The molecule has 3 N–H and O–H groups in total. The zero-order chi connectivity index (χ0) is 11.8. The summed E-state index contributed by atoms with van der Waals surface area (Å²) in [5, 5.41) is 11.1. The highest BCUT2D eigenvalue weighted by molar-refractivity contribution is 5.06. The second-order valence-corrected chi connectivity index (χ2v) is 6.00. The predicted molar refractivity (Wildman–Crippen MR) is 64.1 cm³/mol. The highest BCUT2D eigenvalue weighted by atomic mass is 16.5. The molecule has 0 amide bonds. The van der Waals surface area contributed by atoms with Crippen LogP contribution in [0.3, 0.4) is 0 Å². The van der Waals surface area contributed by atoms with Crippen molar-refractivity contribution < 1.29 is 9.84 Å². The molecule has 0 spiro atoms. The predicted octanol–water partition coefficient (Wildman–Crippen LogP) is 1.54. The van der Waals surface area contributed by atoms with Gasteiger partial charge in [0.2, 0.25) is 0 Å². The summed E-state index contributed by atoms with van der Waals surface area (Å²) in [7, 11) is 0. The van der Waals surface area contributed by atoms with Crippen molar-refractivity contribution in [1.82, 2.24) is 0 Å². The van der Waals surface area contributed by atoms with Crippen molar-refractivity contribution >= 4 is 0 Å². The van der Waals surface area contributed by atoms with Crippen LogP contribution in [-0.4, -0.2) is 30.5 Å². The summed E-state index contributed by atoms with van der Waals surface area (Å²) >= 11 is 0. The van der Waals surface area contributed by atoms with Gasteiger partial charge in [0.25, 0.3) is 0 Å². The number of nitrogens with two attached hydrogens (primary N) is 1. The van der Waals surface area contributed by atoms with Crippen LogP contribution in [0, 0.1) is 17.3 Å². The van der Waals surface area contributed by atoms with Gasteiger partial charge in [-0.3, -0.25) is 0 Å². The third kappa shape index (κ3) is 1.69. The molecule has 1 saturated heterocycles. The Kier molecular flexibility index (Phi) is 3.30. The first-order chi connectivity index (χ1) is 7.54. The lowest BCUT2D eigenvalue weighted by molar-refractivity contribution is -0.150. The third-order valence-electron chi connectivity index (χ3n) is 4.98. The van der Waals surface area contributed by atoms with E-state index in [9.17, 15) is 5.11 Å². The molecule has 0 bridgehead atoms. The summed E-state index contributed by atoms with van der Waals surface area (Å²) < 4.78 is 5.51. The van der Waals surface area contributed by atoms with Crippen LogP contribution in [0.1, 0.15) is 39.5 Å². The van der Waals surface area contributed by atoms with E-state index in [4.69, 9.17) is 10.5 Å². The summed E-state index contributed by atoms with van der Waals surface area (Å²) in [6.07, 6.45) is 4.14. The minimum Gasteiger partial charge on any atom is -0.389 e. The first kappa shape index (κ1) is 12.3. The van der Waals surface area contributed by atoms with Crippen molar-refractivity contribution in [2.75, 3.05) is 19.8 Å². The Balaban J connectivity index is 2.26. The molecule has 0 aromatic carbocycles. The van der Waals surface area contributed by atoms with Crippen molar-refractivity contribution in [3.05, 3.63) is 0 Å². The maximum Gasteiger partial charge on any atom is 0.0766 e. The molecule has 2 aliphatic rings. The number of ether oxygens (including phenoxy) is 1. The first-order valence-corrected chi connectivity index (χ1v) is 6.54. The topological polar surface area (TPSA) is 55.5 Å². The number of hydrogen-bond donors (Lipinski definition) is 2. The second-order valence-electron chi connectivity index (χ2n) is 6.00. The van der Waals surface area contributed by atoms with Crippen LogP contribution in [0.2, 0.25) is 0 Å². The molecule has 94 valence electrons. The molecule has 3 heteroatoms. The molecule has 1 aliphatic heterocycles.